The molecule has 0 saturated carbocycles. The van der Waals surface area contributed by atoms with Gasteiger partial charge in [0, 0.05) is 12.1 Å². The molecule has 2 aromatic carbocycles. The number of halogens is 2. The predicted molar refractivity (Wildman–Crippen MR) is 104 cm³/mol. The van der Waals surface area contributed by atoms with Gasteiger partial charge in [0.1, 0.15) is 0 Å². The molecule has 7 nitrogen and oxygen atoms in total. The third-order valence-electron chi connectivity index (χ3n) is 3.79. The second kappa shape index (κ2) is 10.3. The number of carbonyl (C=O) groups is 2. The van der Waals surface area contributed by atoms with Crippen LogP contribution in [0.3, 0.4) is 0 Å². The number of anilines is 2. The van der Waals surface area contributed by atoms with Crippen molar-refractivity contribution in [3.8, 4) is 11.5 Å². The summed E-state index contributed by atoms with van der Waals surface area (Å²) in [7, 11) is 1.28. The number of alkyl halides is 2. The first-order valence-corrected chi connectivity index (χ1v) is 8.88. The molecule has 29 heavy (non-hydrogen) atoms. The van der Waals surface area contributed by atoms with Gasteiger partial charge in [-0.1, -0.05) is 0 Å². The molecule has 2 rings (SSSR count). The summed E-state index contributed by atoms with van der Waals surface area (Å²) < 4.78 is 39.3. The van der Waals surface area contributed by atoms with Gasteiger partial charge in [-0.3, -0.25) is 4.79 Å². The number of methoxy groups -OCH3 is 1. The standard InChI is InChI=1S/C20H22F2N2O5/c1-4-23-14-8-6-13(19(26)28-5-2)10-15(14)24-18(25)12-7-9-16(29-20(21)22)17(11-12)27-3/h6-11,20,23H,4-5H2,1-3H3,(H,24,25). The Hall–Kier alpha value is -3.36. The Labute approximate surface area is 167 Å². The molecule has 0 aliphatic heterocycles. The van der Waals surface area contributed by atoms with Crippen molar-refractivity contribution in [1.82, 2.24) is 0 Å². The maximum atomic E-state index is 12.7. The zero-order chi connectivity index (χ0) is 21.4. The van der Waals surface area contributed by atoms with Crippen LogP contribution in [-0.2, 0) is 4.74 Å². The minimum absolute atomic E-state index is 0.00914. The van der Waals surface area contributed by atoms with Crippen molar-refractivity contribution in [3.05, 3.63) is 47.5 Å². The summed E-state index contributed by atoms with van der Waals surface area (Å²) in [5, 5.41) is 5.80. The monoisotopic (exact) mass is 408 g/mol. The molecule has 156 valence electrons. The van der Waals surface area contributed by atoms with Crippen LogP contribution < -0.4 is 20.1 Å². The number of hydrogen-bond donors (Lipinski definition) is 2. The molecule has 2 N–H and O–H groups in total. The molecule has 0 fully saturated rings. The third kappa shape index (κ3) is 5.81. The van der Waals surface area contributed by atoms with E-state index in [1.807, 2.05) is 6.92 Å². The lowest BCUT2D eigenvalue weighted by Gasteiger charge is -2.15. The van der Waals surface area contributed by atoms with E-state index in [1.54, 1.807) is 19.1 Å². The normalized spacial score (nSPS) is 10.4. The molecule has 0 unspecified atom stereocenters. The Bertz CT molecular complexity index is 874. The molecule has 0 spiro atoms. The highest BCUT2D eigenvalue weighted by atomic mass is 19.3. The van der Waals surface area contributed by atoms with E-state index in [0.717, 1.165) is 0 Å². The highest BCUT2D eigenvalue weighted by Crippen LogP contribution is 2.30. The highest BCUT2D eigenvalue weighted by molar-refractivity contribution is 6.07. The second-order valence-corrected chi connectivity index (χ2v) is 5.71. The van der Waals surface area contributed by atoms with E-state index in [1.165, 1.54) is 31.4 Å². The van der Waals surface area contributed by atoms with Crippen LogP contribution in [-0.4, -0.2) is 38.7 Å². The molecule has 9 heteroatoms. The number of esters is 1. The van der Waals surface area contributed by atoms with Crippen molar-refractivity contribution in [3.63, 3.8) is 0 Å². The van der Waals surface area contributed by atoms with Crippen molar-refractivity contribution in [2.75, 3.05) is 30.9 Å². The van der Waals surface area contributed by atoms with E-state index in [-0.39, 0.29) is 29.2 Å². The van der Waals surface area contributed by atoms with Crippen molar-refractivity contribution in [2.45, 2.75) is 20.5 Å². The van der Waals surface area contributed by atoms with Gasteiger partial charge in [0.15, 0.2) is 11.5 Å². The topological polar surface area (TPSA) is 85.9 Å². The van der Waals surface area contributed by atoms with Gasteiger partial charge in [-0.05, 0) is 50.2 Å². The summed E-state index contributed by atoms with van der Waals surface area (Å²) in [5.74, 6) is -1.23. The zero-order valence-corrected chi connectivity index (χ0v) is 16.3. The van der Waals surface area contributed by atoms with E-state index in [2.05, 4.69) is 15.4 Å². The van der Waals surface area contributed by atoms with Crippen LogP contribution in [0.15, 0.2) is 36.4 Å². The molecular weight excluding hydrogens is 386 g/mol. The number of benzene rings is 2. The number of amides is 1. The van der Waals surface area contributed by atoms with Crippen LogP contribution in [0.4, 0.5) is 20.2 Å². The van der Waals surface area contributed by atoms with Gasteiger partial charge in [0.2, 0.25) is 0 Å². The summed E-state index contributed by atoms with van der Waals surface area (Å²) in [4.78, 5) is 24.7. The number of rotatable bonds is 9. The van der Waals surface area contributed by atoms with E-state index >= 15 is 0 Å². The first kappa shape index (κ1) is 21.9. The molecular formula is C20H22F2N2O5. The average Bonchev–Trinajstić information content (AvgIpc) is 2.69. The maximum absolute atomic E-state index is 12.7. The summed E-state index contributed by atoms with van der Waals surface area (Å²) in [6.45, 7) is 1.38. The summed E-state index contributed by atoms with van der Waals surface area (Å²) in [5.41, 5.74) is 1.42. The minimum Gasteiger partial charge on any atom is -0.493 e. The largest absolute Gasteiger partial charge is 0.493 e. The van der Waals surface area contributed by atoms with E-state index in [4.69, 9.17) is 9.47 Å². The van der Waals surface area contributed by atoms with Crippen LogP contribution in [0.2, 0.25) is 0 Å². The number of ether oxygens (including phenoxy) is 3. The quantitative estimate of drug-likeness (QED) is 0.606. The van der Waals surface area contributed by atoms with Crippen molar-refractivity contribution in [2.24, 2.45) is 0 Å². The Morgan fingerprint density at radius 1 is 1.00 bits per heavy atom. The fraction of sp³-hybridized carbons (Fsp3) is 0.300. The Morgan fingerprint density at radius 3 is 2.34 bits per heavy atom. The maximum Gasteiger partial charge on any atom is 0.387 e. The van der Waals surface area contributed by atoms with Gasteiger partial charge in [0.25, 0.3) is 5.91 Å². The lowest BCUT2D eigenvalue weighted by Crippen LogP contribution is -2.15. The third-order valence-corrected chi connectivity index (χ3v) is 3.79. The van der Waals surface area contributed by atoms with Gasteiger partial charge in [-0.15, -0.1) is 0 Å². The van der Waals surface area contributed by atoms with Gasteiger partial charge in [-0.25, -0.2) is 4.79 Å². The van der Waals surface area contributed by atoms with Crippen LogP contribution >= 0.6 is 0 Å². The molecule has 2 aromatic rings. The number of hydrogen-bond acceptors (Lipinski definition) is 6. The van der Waals surface area contributed by atoms with Crippen LogP contribution in [0.5, 0.6) is 11.5 Å². The predicted octanol–water partition coefficient (Wildman–Crippen LogP) is 4.16. The lowest BCUT2D eigenvalue weighted by molar-refractivity contribution is -0.0512. The number of nitrogens with one attached hydrogen (secondary N) is 2. The fourth-order valence-corrected chi connectivity index (χ4v) is 2.53. The SMILES string of the molecule is CCNc1ccc(C(=O)OCC)cc1NC(=O)c1ccc(OC(F)F)c(OC)c1. The smallest absolute Gasteiger partial charge is 0.387 e. The van der Waals surface area contributed by atoms with Crippen molar-refractivity contribution in [1.29, 1.82) is 0 Å². The van der Waals surface area contributed by atoms with E-state index in [9.17, 15) is 18.4 Å². The Balaban J connectivity index is 2.30. The van der Waals surface area contributed by atoms with Crippen molar-refractivity contribution >= 4 is 23.3 Å². The van der Waals surface area contributed by atoms with Crippen molar-refractivity contribution < 1.29 is 32.6 Å². The summed E-state index contributed by atoms with van der Waals surface area (Å²) in [6.07, 6.45) is 0. The first-order valence-electron chi connectivity index (χ1n) is 8.88. The lowest BCUT2D eigenvalue weighted by atomic mass is 10.1. The fourth-order valence-electron chi connectivity index (χ4n) is 2.53. The highest BCUT2D eigenvalue weighted by Gasteiger charge is 2.17. The summed E-state index contributed by atoms with van der Waals surface area (Å²) >= 11 is 0. The van der Waals surface area contributed by atoms with Crippen LogP contribution in [0, 0.1) is 0 Å². The zero-order valence-electron chi connectivity index (χ0n) is 16.3. The summed E-state index contributed by atoms with van der Waals surface area (Å²) in [6, 6.07) is 8.59. The van der Waals surface area contributed by atoms with Gasteiger partial charge in [0.05, 0.1) is 30.7 Å². The van der Waals surface area contributed by atoms with Gasteiger partial charge >= 0.3 is 12.6 Å². The molecule has 0 saturated heterocycles. The molecule has 0 heterocycles. The number of carbonyl (C=O) groups excluding carboxylic acids is 2. The second-order valence-electron chi connectivity index (χ2n) is 5.71. The Morgan fingerprint density at radius 2 is 1.72 bits per heavy atom. The first-order chi connectivity index (χ1) is 13.9. The molecule has 0 aliphatic carbocycles. The average molecular weight is 408 g/mol. The molecule has 1 amide bonds. The van der Waals surface area contributed by atoms with Crippen LogP contribution in [0.25, 0.3) is 0 Å². The molecule has 0 bridgehead atoms. The molecule has 0 atom stereocenters. The van der Waals surface area contributed by atoms with E-state index in [0.29, 0.717) is 17.9 Å². The van der Waals surface area contributed by atoms with E-state index < -0.39 is 18.5 Å². The van der Waals surface area contributed by atoms with Crippen LogP contribution in [0.1, 0.15) is 34.6 Å². The minimum atomic E-state index is -3.02. The van der Waals surface area contributed by atoms with Gasteiger partial charge in [-0.2, -0.15) is 8.78 Å². The Kier molecular flexibility index (Phi) is 7.76. The van der Waals surface area contributed by atoms with Gasteiger partial charge < -0.3 is 24.8 Å². The molecule has 0 aliphatic rings. The molecule has 0 aromatic heterocycles. The molecule has 0 radical (unpaired) electrons.